The highest BCUT2D eigenvalue weighted by molar-refractivity contribution is 7.87. The number of nitrogens with one attached hydrogen (secondary N) is 2. The van der Waals surface area contributed by atoms with Crippen molar-refractivity contribution >= 4 is 10.2 Å². The minimum absolute atomic E-state index is 0.161. The Morgan fingerprint density at radius 3 is 2.45 bits per heavy atom. The van der Waals surface area contributed by atoms with Crippen molar-refractivity contribution in [3.05, 3.63) is 0 Å². The maximum Gasteiger partial charge on any atom is 0.279 e. The Morgan fingerprint density at radius 1 is 1.30 bits per heavy atom. The molecule has 0 aliphatic rings. The summed E-state index contributed by atoms with van der Waals surface area (Å²) in [6, 6.07) is 0.261. The molecule has 6 nitrogen and oxygen atoms in total. The molecule has 0 amide bonds. The normalized spacial score (nSPS) is 14.2. The molecule has 0 heterocycles. The Labute approximate surface area is 124 Å². The predicted octanol–water partition coefficient (Wildman–Crippen LogP) is 0.956. The molecule has 1 unspecified atom stereocenters. The molecule has 20 heavy (non-hydrogen) atoms. The summed E-state index contributed by atoms with van der Waals surface area (Å²) in [7, 11) is -0.243. The molecule has 122 valence electrons. The van der Waals surface area contributed by atoms with Gasteiger partial charge in [-0.25, -0.2) is 0 Å². The van der Waals surface area contributed by atoms with Gasteiger partial charge in [0.05, 0.1) is 6.61 Å². The van der Waals surface area contributed by atoms with Gasteiger partial charge in [0.15, 0.2) is 0 Å². The van der Waals surface area contributed by atoms with Crippen LogP contribution in [0.2, 0.25) is 0 Å². The second-order valence-corrected chi connectivity index (χ2v) is 7.16. The van der Waals surface area contributed by atoms with Gasteiger partial charge in [-0.15, -0.1) is 0 Å². The van der Waals surface area contributed by atoms with E-state index in [4.69, 9.17) is 4.74 Å². The Bertz CT molecular complexity index is 328. The maximum absolute atomic E-state index is 12.2. The van der Waals surface area contributed by atoms with Gasteiger partial charge < -0.3 is 10.1 Å². The first kappa shape index (κ1) is 19.8. The zero-order valence-corrected chi connectivity index (χ0v) is 14.3. The molecular weight excluding hydrogens is 278 g/mol. The quantitative estimate of drug-likeness (QED) is 0.527. The third kappa shape index (κ3) is 8.86. The fraction of sp³-hybridized carbons (Fsp3) is 1.00. The van der Waals surface area contributed by atoms with E-state index in [9.17, 15) is 8.42 Å². The van der Waals surface area contributed by atoms with Crippen molar-refractivity contribution in [2.45, 2.75) is 52.1 Å². The van der Waals surface area contributed by atoms with Crippen molar-refractivity contribution in [3.8, 4) is 0 Å². The van der Waals surface area contributed by atoms with Crippen molar-refractivity contribution in [2.24, 2.45) is 0 Å². The van der Waals surface area contributed by atoms with Crippen LogP contribution in [0.5, 0.6) is 0 Å². The molecule has 0 radical (unpaired) electrons. The molecule has 0 bridgehead atoms. The van der Waals surface area contributed by atoms with Gasteiger partial charge in [0, 0.05) is 32.8 Å². The molecule has 0 rings (SSSR count). The lowest BCUT2D eigenvalue weighted by Crippen LogP contribution is -2.46. The minimum Gasteiger partial charge on any atom is -0.383 e. The van der Waals surface area contributed by atoms with Gasteiger partial charge in [-0.05, 0) is 19.4 Å². The lowest BCUT2D eigenvalue weighted by atomic mass is 10.2. The predicted molar refractivity (Wildman–Crippen MR) is 83.0 cm³/mol. The molecule has 2 N–H and O–H groups in total. The van der Waals surface area contributed by atoms with E-state index in [0.717, 1.165) is 25.8 Å². The standard InChI is InChI=1S/C13H31N3O3S/c1-6-8-13(11-19-5)15-20(17,18)16(4)10-7-9-14-12(2)3/h12-15H,6-11H2,1-5H3. The Morgan fingerprint density at radius 2 is 1.95 bits per heavy atom. The molecule has 0 saturated heterocycles. The van der Waals surface area contributed by atoms with E-state index in [0.29, 0.717) is 19.2 Å². The number of hydrogen-bond donors (Lipinski definition) is 2. The monoisotopic (exact) mass is 309 g/mol. The van der Waals surface area contributed by atoms with Crippen LogP contribution < -0.4 is 10.0 Å². The lowest BCUT2D eigenvalue weighted by molar-refractivity contribution is 0.170. The molecule has 0 aliphatic carbocycles. The van der Waals surface area contributed by atoms with Crippen LogP contribution in [0, 0.1) is 0 Å². The topological polar surface area (TPSA) is 70.7 Å². The summed E-state index contributed by atoms with van der Waals surface area (Å²) in [5.41, 5.74) is 0. The van der Waals surface area contributed by atoms with Crippen LogP contribution in [-0.4, -0.2) is 58.7 Å². The van der Waals surface area contributed by atoms with E-state index in [1.807, 2.05) is 6.92 Å². The first-order chi connectivity index (χ1) is 9.33. The van der Waals surface area contributed by atoms with Gasteiger partial charge in [0.2, 0.25) is 0 Å². The number of rotatable bonds is 12. The van der Waals surface area contributed by atoms with Gasteiger partial charge in [-0.1, -0.05) is 27.2 Å². The van der Waals surface area contributed by atoms with Gasteiger partial charge in [-0.2, -0.15) is 17.4 Å². The second-order valence-electron chi connectivity index (χ2n) is 5.35. The number of ether oxygens (including phenoxy) is 1. The number of nitrogens with zero attached hydrogens (tertiary/aromatic N) is 1. The zero-order chi connectivity index (χ0) is 15.6. The highest BCUT2D eigenvalue weighted by Gasteiger charge is 2.21. The summed E-state index contributed by atoms with van der Waals surface area (Å²) < 4.78 is 33.4. The average Bonchev–Trinajstić information content (AvgIpc) is 2.34. The van der Waals surface area contributed by atoms with E-state index in [-0.39, 0.29) is 6.04 Å². The van der Waals surface area contributed by atoms with Crippen LogP contribution in [0.1, 0.15) is 40.0 Å². The highest BCUT2D eigenvalue weighted by atomic mass is 32.2. The molecule has 0 aromatic rings. The largest absolute Gasteiger partial charge is 0.383 e. The molecule has 0 fully saturated rings. The highest BCUT2D eigenvalue weighted by Crippen LogP contribution is 2.03. The van der Waals surface area contributed by atoms with E-state index < -0.39 is 10.2 Å². The van der Waals surface area contributed by atoms with Crippen LogP contribution in [0.4, 0.5) is 0 Å². The third-order valence-electron chi connectivity index (χ3n) is 2.93. The van der Waals surface area contributed by atoms with Crippen LogP contribution in [-0.2, 0) is 14.9 Å². The summed E-state index contributed by atoms with van der Waals surface area (Å²) in [5, 5.41) is 3.27. The van der Waals surface area contributed by atoms with Gasteiger partial charge in [-0.3, -0.25) is 0 Å². The van der Waals surface area contributed by atoms with E-state index in [1.54, 1.807) is 14.2 Å². The summed E-state index contributed by atoms with van der Waals surface area (Å²) >= 11 is 0. The molecule has 7 heteroatoms. The minimum atomic E-state index is -3.43. The third-order valence-corrected chi connectivity index (χ3v) is 4.57. The van der Waals surface area contributed by atoms with Gasteiger partial charge in [0.1, 0.15) is 0 Å². The van der Waals surface area contributed by atoms with Crippen LogP contribution in [0.15, 0.2) is 0 Å². The van der Waals surface area contributed by atoms with Crippen molar-refractivity contribution in [1.29, 1.82) is 0 Å². The zero-order valence-electron chi connectivity index (χ0n) is 13.5. The molecule has 0 aromatic carbocycles. The average molecular weight is 309 g/mol. The lowest BCUT2D eigenvalue weighted by Gasteiger charge is -2.23. The Kier molecular flexibility index (Phi) is 10.4. The molecule has 0 spiro atoms. The Balaban J connectivity index is 4.24. The fourth-order valence-electron chi connectivity index (χ4n) is 1.84. The Hall–Kier alpha value is -0.210. The van der Waals surface area contributed by atoms with Gasteiger partial charge in [0.25, 0.3) is 10.2 Å². The van der Waals surface area contributed by atoms with Crippen LogP contribution in [0.25, 0.3) is 0 Å². The summed E-state index contributed by atoms with van der Waals surface area (Å²) in [4.78, 5) is 0. The first-order valence-corrected chi connectivity index (χ1v) is 8.73. The van der Waals surface area contributed by atoms with Crippen LogP contribution >= 0.6 is 0 Å². The smallest absolute Gasteiger partial charge is 0.279 e. The maximum atomic E-state index is 12.2. The van der Waals surface area contributed by atoms with Gasteiger partial charge >= 0.3 is 0 Å². The van der Waals surface area contributed by atoms with E-state index >= 15 is 0 Å². The summed E-state index contributed by atoms with van der Waals surface area (Å²) in [5.74, 6) is 0. The molecule has 0 aliphatic heterocycles. The summed E-state index contributed by atoms with van der Waals surface area (Å²) in [6.07, 6.45) is 2.48. The second kappa shape index (κ2) is 10.5. The molecule has 0 aromatic heterocycles. The fourth-order valence-corrected chi connectivity index (χ4v) is 3.00. The summed E-state index contributed by atoms with van der Waals surface area (Å²) in [6.45, 7) is 7.88. The van der Waals surface area contributed by atoms with Crippen molar-refractivity contribution in [3.63, 3.8) is 0 Å². The molecular formula is C13H31N3O3S. The van der Waals surface area contributed by atoms with E-state index in [1.165, 1.54) is 4.31 Å². The first-order valence-electron chi connectivity index (χ1n) is 7.29. The van der Waals surface area contributed by atoms with Crippen molar-refractivity contribution in [2.75, 3.05) is 33.9 Å². The number of hydrogen-bond acceptors (Lipinski definition) is 4. The number of methoxy groups -OCH3 is 1. The van der Waals surface area contributed by atoms with E-state index in [2.05, 4.69) is 23.9 Å². The van der Waals surface area contributed by atoms with Crippen molar-refractivity contribution in [1.82, 2.24) is 14.3 Å². The molecule has 0 saturated carbocycles. The SMILES string of the molecule is CCCC(COC)NS(=O)(=O)N(C)CCCNC(C)C. The molecule has 1 atom stereocenters. The van der Waals surface area contributed by atoms with Crippen LogP contribution in [0.3, 0.4) is 0 Å². The van der Waals surface area contributed by atoms with Crippen molar-refractivity contribution < 1.29 is 13.2 Å².